The number of rotatable bonds is 3. The zero-order chi connectivity index (χ0) is 22.5. The fourth-order valence-electron chi connectivity index (χ4n) is 3.01. The fraction of sp³-hybridized carbons (Fsp3) is 0.105. The molecule has 0 aliphatic rings. The van der Waals surface area contributed by atoms with Crippen LogP contribution in [0.25, 0.3) is 16.9 Å². The largest absolute Gasteiger partial charge is 0.419 e. The molecule has 0 saturated heterocycles. The first kappa shape index (κ1) is 20.9. The summed E-state index contributed by atoms with van der Waals surface area (Å²) in [5.41, 5.74) is -1.09. The van der Waals surface area contributed by atoms with Gasteiger partial charge in [-0.1, -0.05) is 11.6 Å². The number of hydrogen-bond donors (Lipinski definition) is 1. The summed E-state index contributed by atoms with van der Waals surface area (Å²) < 4.78 is 80.7. The number of aromatic nitrogens is 4. The number of benzene rings is 2. The van der Waals surface area contributed by atoms with Crippen LogP contribution in [0.15, 0.2) is 36.4 Å². The van der Waals surface area contributed by atoms with Crippen molar-refractivity contribution in [2.75, 3.05) is 5.32 Å². The highest BCUT2D eigenvalue weighted by Crippen LogP contribution is 2.33. The van der Waals surface area contributed by atoms with Crippen LogP contribution < -0.4 is 5.32 Å². The molecule has 12 heteroatoms. The van der Waals surface area contributed by atoms with Gasteiger partial charge < -0.3 is 5.32 Å². The van der Waals surface area contributed by atoms with Crippen LogP contribution in [0.2, 0.25) is 5.15 Å². The van der Waals surface area contributed by atoms with Gasteiger partial charge in [-0.25, -0.2) is 23.1 Å². The number of aryl methyl sites for hydroxylation is 1. The van der Waals surface area contributed by atoms with Gasteiger partial charge in [0.25, 0.3) is 0 Å². The molecule has 0 amide bonds. The van der Waals surface area contributed by atoms with E-state index in [1.54, 1.807) is 6.92 Å². The quantitative estimate of drug-likeness (QED) is 0.305. The third kappa shape index (κ3) is 4.00. The Labute approximate surface area is 175 Å². The summed E-state index contributed by atoms with van der Waals surface area (Å²) in [4.78, 5) is 12.3. The van der Waals surface area contributed by atoms with Crippen molar-refractivity contribution in [2.24, 2.45) is 0 Å². The summed E-state index contributed by atoms with van der Waals surface area (Å²) in [6.07, 6.45) is -4.84. The van der Waals surface area contributed by atoms with Gasteiger partial charge in [0.1, 0.15) is 22.6 Å². The van der Waals surface area contributed by atoms with Gasteiger partial charge in [-0.15, -0.1) is 0 Å². The molecule has 0 atom stereocenters. The molecule has 2 heterocycles. The molecule has 0 fully saturated rings. The van der Waals surface area contributed by atoms with Gasteiger partial charge in [0, 0.05) is 23.9 Å². The van der Waals surface area contributed by atoms with Crippen molar-refractivity contribution >= 4 is 34.3 Å². The van der Waals surface area contributed by atoms with Crippen molar-refractivity contribution in [1.82, 2.24) is 19.5 Å². The Balaban J connectivity index is 1.75. The first-order valence-corrected chi connectivity index (χ1v) is 8.93. The van der Waals surface area contributed by atoms with E-state index in [9.17, 15) is 26.3 Å². The third-order valence-corrected chi connectivity index (χ3v) is 4.50. The molecule has 31 heavy (non-hydrogen) atoms. The lowest BCUT2D eigenvalue weighted by atomic mass is 10.2. The first-order valence-electron chi connectivity index (χ1n) is 8.56. The SMILES string of the molecule is Cc1nc2cc(F)c(F)cc2n1-c1cc(Cl)nc(Nc2ccc(C(F)(F)F)c(F)c2)n1. The second-order valence-electron chi connectivity index (χ2n) is 6.44. The Morgan fingerprint density at radius 3 is 2.29 bits per heavy atom. The molecule has 4 rings (SSSR count). The van der Waals surface area contributed by atoms with Crippen LogP contribution in [0.1, 0.15) is 11.4 Å². The highest BCUT2D eigenvalue weighted by Gasteiger charge is 2.34. The van der Waals surface area contributed by atoms with E-state index in [1.165, 1.54) is 10.6 Å². The molecule has 0 aliphatic heterocycles. The number of fused-ring (bicyclic) bond motifs is 1. The van der Waals surface area contributed by atoms with Gasteiger partial charge in [0.15, 0.2) is 11.6 Å². The Hall–Kier alpha value is -3.34. The maximum absolute atomic E-state index is 13.8. The Kier molecular flexibility index (Phi) is 5.00. The van der Waals surface area contributed by atoms with Crippen LogP contribution in [0.5, 0.6) is 0 Å². The number of halogens is 7. The number of alkyl halides is 3. The third-order valence-electron chi connectivity index (χ3n) is 4.31. The topological polar surface area (TPSA) is 55.6 Å². The second kappa shape index (κ2) is 7.41. The molecule has 0 radical (unpaired) electrons. The van der Waals surface area contributed by atoms with E-state index in [4.69, 9.17) is 11.6 Å². The Bertz CT molecular complexity index is 1320. The smallest absolute Gasteiger partial charge is 0.324 e. The second-order valence-corrected chi connectivity index (χ2v) is 6.83. The minimum Gasteiger partial charge on any atom is -0.324 e. The lowest BCUT2D eigenvalue weighted by Crippen LogP contribution is -2.09. The minimum atomic E-state index is -4.84. The highest BCUT2D eigenvalue weighted by molar-refractivity contribution is 6.29. The van der Waals surface area contributed by atoms with Crippen molar-refractivity contribution in [3.63, 3.8) is 0 Å². The average Bonchev–Trinajstić information content (AvgIpc) is 2.95. The summed E-state index contributed by atoms with van der Waals surface area (Å²) in [5.74, 6) is -3.33. The molecule has 2 aromatic heterocycles. The fourth-order valence-corrected chi connectivity index (χ4v) is 3.19. The van der Waals surface area contributed by atoms with Gasteiger partial charge in [-0.3, -0.25) is 4.57 Å². The van der Waals surface area contributed by atoms with Gasteiger partial charge in [-0.2, -0.15) is 18.2 Å². The maximum Gasteiger partial charge on any atom is 0.419 e. The molecule has 1 N–H and O–H groups in total. The number of anilines is 2. The summed E-state index contributed by atoms with van der Waals surface area (Å²) in [6.45, 7) is 1.57. The number of imidazole rings is 1. The van der Waals surface area contributed by atoms with E-state index in [1.807, 2.05) is 0 Å². The molecule has 160 valence electrons. The number of hydrogen-bond acceptors (Lipinski definition) is 4. The van der Waals surface area contributed by atoms with Crippen molar-refractivity contribution in [3.8, 4) is 5.82 Å². The molecular formula is C19H10ClF6N5. The minimum absolute atomic E-state index is 0.0564. The molecule has 4 aromatic rings. The predicted octanol–water partition coefficient (Wildman–Crippen LogP) is 5.96. The van der Waals surface area contributed by atoms with Crippen molar-refractivity contribution < 1.29 is 26.3 Å². The van der Waals surface area contributed by atoms with E-state index in [0.717, 1.165) is 18.2 Å². The number of nitrogens with one attached hydrogen (secondary N) is 1. The Morgan fingerprint density at radius 1 is 0.903 bits per heavy atom. The molecule has 0 unspecified atom stereocenters. The summed E-state index contributed by atoms with van der Waals surface area (Å²) in [7, 11) is 0. The van der Waals surface area contributed by atoms with Crippen LogP contribution in [0, 0.1) is 24.4 Å². The van der Waals surface area contributed by atoms with Gasteiger partial charge in [0.2, 0.25) is 5.95 Å². The van der Waals surface area contributed by atoms with Crippen LogP contribution in [0.4, 0.5) is 38.0 Å². The first-order chi connectivity index (χ1) is 14.5. The van der Waals surface area contributed by atoms with Crippen molar-refractivity contribution in [2.45, 2.75) is 13.1 Å². The Morgan fingerprint density at radius 2 is 1.61 bits per heavy atom. The van der Waals surface area contributed by atoms with Crippen molar-refractivity contribution in [3.05, 3.63) is 70.4 Å². The normalized spacial score (nSPS) is 11.9. The highest BCUT2D eigenvalue weighted by atomic mass is 35.5. The van der Waals surface area contributed by atoms with Gasteiger partial charge >= 0.3 is 6.18 Å². The monoisotopic (exact) mass is 457 g/mol. The molecule has 0 bridgehead atoms. The van der Waals surface area contributed by atoms with Crippen LogP contribution >= 0.6 is 11.6 Å². The standard InChI is InChI=1S/C19H10ClF6N5/c1-8-27-14-5-12(22)13(23)6-15(14)31(8)17-7-16(20)29-18(30-17)28-9-2-3-10(11(21)4-9)19(24,25)26/h2-7H,1H3,(H,28,29,30). The zero-order valence-corrected chi connectivity index (χ0v) is 16.2. The number of nitrogens with zero attached hydrogens (tertiary/aromatic N) is 4. The predicted molar refractivity (Wildman–Crippen MR) is 101 cm³/mol. The van der Waals surface area contributed by atoms with Gasteiger partial charge in [-0.05, 0) is 25.1 Å². The molecule has 0 saturated carbocycles. The van der Waals surface area contributed by atoms with Gasteiger partial charge in [0.05, 0.1) is 16.6 Å². The van der Waals surface area contributed by atoms with Crippen LogP contribution in [-0.4, -0.2) is 19.5 Å². The van der Waals surface area contributed by atoms with E-state index in [0.29, 0.717) is 18.0 Å². The average molecular weight is 458 g/mol. The van der Waals surface area contributed by atoms with E-state index in [2.05, 4.69) is 20.3 Å². The van der Waals surface area contributed by atoms with E-state index >= 15 is 0 Å². The summed E-state index contributed by atoms with van der Waals surface area (Å²) in [5, 5.41) is 2.51. The van der Waals surface area contributed by atoms with E-state index < -0.39 is 29.2 Å². The zero-order valence-electron chi connectivity index (χ0n) is 15.4. The lowest BCUT2D eigenvalue weighted by Gasteiger charge is -2.12. The maximum atomic E-state index is 13.8. The molecule has 2 aromatic carbocycles. The summed E-state index contributed by atoms with van der Waals surface area (Å²) >= 11 is 6.03. The molecule has 0 spiro atoms. The van der Waals surface area contributed by atoms with Crippen molar-refractivity contribution in [1.29, 1.82) is 0 Å². The van der Waals surface area contributed by atoms with Crippen LogP contribution in [-0.2, 0) is 6.18 Å². The molecular weight excluding hydrogens is 448 g/mol. The lowest BCUT2D eigenvalue weighted by molar-refractivity contribution is -0.139. The molecule has 0 aliphatic carbocycles. The summed E-state index contributed by atoms with van der Waals surface area (Å²) in [6, 6.07) is 5.43. The molecule has 5 nitrogen and oxygen atoms in total. The van der Waals surface area contributed by atoms with Crippen LogP contribution in [0.3, 0.4) is 0 Å². The van der Waals surface area contributed by atoms with E-state index in [-0.39, 0.29) is 33.6 Å².